The molecule has 1 heterocycles. The summed E-state index contributed by atoms with van der Waals surface area (Å²) >= 11 is 0. The minimum absolute atomic E-state index is 0.0751. The van der Waals surface area contributed by atoms with Gasteiger partial charge in [-0.05, 0) is 36.8 Å². The molecule has 0 saturated heterocycles. The number of hydrogen-bond donors (Lipinski definition) is 1. The van der Waals surface area contributed by atoms with Gasteiger partial charge in [0.25, 0.3) is 5.91 Å². The van der Waals surface area contributed by atoms with E-state index in [0.29, 0.717) is 24.6 Å². The molecule has 0 spiro atoms. The minimum atomic E-state index is -0.0751. The SMILES string of the molecule is O=C1NCCN(C(=O)C2CCCC3CC32)c2ccccc21. The van der Waals surface area contributed by atoms with Crippen LogP contribution in [-0.4, -0.2) is 24.9 Å². The Morgan fingerprint density at radius 3 is 3.00 bits per heavy atom. The van der Waals surface area contributed by atoms with Crippen molar-refractivity contribution < 1.29 is 9.59 Å². The Bertz CT molecular complexity index is 598. The molecular weight excluding hydrogens is 264 g/mol. The first kappa shape index (κ1) is 12.9. The Balaban J connectivity index is 1.66. The van der Waals surface area contributed by atoms with Gasteiger partial charge < -0.3 is 10.2 Å². The highest BCUT2D eigenvalue weighted by atomic mass is 16.2. The standard InChI is InChI=1S/C17H20N2O2/c20-16-13-5-1-2-7-15(13)19(9-8-18-16)17(21)12-6-3-4-11-10-14(11)12/h1-2,5,7,11-12,14H,3-4,6,8-10H2,(H,18,20). The number of nitrogens with zero attached hydrogens (tertiary/aromatic N) is 1. The molecule has 1 N–H and O–H groups in total. The van der Waals surface area contributed by atoms with Crippen molar-refractivity contribution in [3.8, 4) is 0 Å². The lowest BCUT2D eigenvalue weighted by molar-refractivity contribution is -0.123. The number of rotatable bonds is 1. The first-order chi connectivity index (χ1) is 10.3. The first-order valence-electron chi connectivity index (χ1n) is 7.94. The van der Waals surface area contributed by atoms with E-state index in [1.54, 1.807) is 6.07 Å². The molecule has 110 valence electrons. The average Bonchev–Trinajstić information content (AvgIpc) is 3.31. The quantitative estimate of drug-likeness (QED) is 0.859. The van der Waals surface area contributed by atoms with Gasteiger partial charge in [-0.1, -0.05) is 25.0 Å². The molecule has 0 aromatic heterocycles. The molecule has 4 rings (SSSR count). The summed E-state index contributed by atoms with van der Waals surface area (Å²) in [5.41, 5.74) is 1.40. The Kier molecular flexibility index (Phi) is 2.98. The molecule has 2 fully saturated rings. The van der Waals surface area contributed by atoms with Crippen LogP contribution in [0.25, 0.3) is 0 Å². The maximum absolute atomic E-state index is 13.0. The predicted octanol–water partition coefficient (Wildman–Crippen LogP) is 2.20. The largest absolute Gasteiger partial charge is 0.350 e. The van der Waals surface area contributed by atoms with E-state index in [9.17, 15) is 9.59 Å². The van der Waals surface area contributed by atoms with Crippen molar-refractivity contribution in [1.29, 1.82) is 0 Å². The van der Waals surface area contributed by atoms with Gasteiger partial charge in [-0.2, -0.15) is 0 Å². The van der Waals surface area contributed by atoms with Crippen molar-refractivity contribution in [2.45, 2.75) is 25.7 Å². The number of para-hydroxylation sites is 1. The molecule has 3 unspecified atom stereocenters. The fraction of sp³-hybridized carbons (Fsp3) is 0.529. The van der Waals surface area contributed by atoms with Crippen molar-refractivity contribution in [2.24, 2.45) is 17.8 Å². The smallest absolute Gasteiger partial charge is 0.253 e. The fourth-order valence-corrected chi connectivity index (χ4v) is 4.04. The number of benzene rings is 1. The Morgan fingerprint density at radius 1 is 1.24 bits per heavy atom. The lowest BCUT2D eigenvalue weighted by Crippen LogP contribution is -2.40. The lowest BCUT2D eigenvalue weighted by Gasteiger charge is -2.29. The van der Waals surface area contributed by atoms with Crippen molar-refractivity contribution in [3.05, 3.63) is 29.8 Å². The molecule has 2 aliphatic carbocycles. The number of amides is 2. The summed E-state index contributed by atoms with van der Waals surface area (Å²) < 4.78 is 0. The van der Waals surface area contributed by atoms with Gasteiger partial charge in [0.15, 0.2) is 0 Å². The normalized spacial score (nSPS) is 30.8. The average molecular weight is 284 g/mol. The second-order valence-corrected chi connectivity index (χ2v) is 6.46. The molecule has 4 nitrogen and oxygen atoms in total. The summed E-state index contributed by atoms with van der Waals surface area (Å²) in [4.78, 5) is 26.9. The zero-order valence-electron chi connectivity index (χ0n) is 12.0. The van der Waals surface area contributed by atoms with Crippen molar-refractivity contribution >= 4 is 17.5 Å². The predicted molar refractivity (Wildman–Crippen MR) is 80.1 cm³/mol. The van der Waals surface area contributed by atoms with Gasteiger partial charge in [0.2, 0.25) is 5.91 Å². The second kappa shape index (κ2) is 4.86. The van der Waals surface area contributed by atoms with E-state index in [1.165, 1.54) is 19.3 Å². The highest BCUT2D eigenvalue weighted by Gasteiger charge is 2.49. The Hall–Kier alpha value is -1.84. The van der Waals surface area contributed by atoms with E-state index in [-0.39, 0.29) is 17.7 Å². The summed E-state index contributed by atoms with van der Waals surface area (Å²) in [5.74, 6) is 1.71. The molecular formula is C17H20N2O2. The topological polar surface area (TPSA) is 49.4 Å². The van der Waals surface area contributed by atoms with Crippen LogP contribution in [0, 0.1) is 17.8 Å². The number of hydrogen-bond acceptors (Lipinski definition) is 2. The number of carbonyl (C=O) groups is 2. The zero-order valence-corrected chi connectivity index (χ0v) is 12.0. The molecule has 2 saturated carbocycles. The van der Waals surface area contributed by atoms with Crippen LogP contribution in [0.5, 0.6) is 0 Å². The van der Waals surface area contributed by atoms with E-state index >= 15 is 0 Å². The molecule has 1 aromatic carbocycles. The molecule has 1 aliphatic heterocycles. The number of fused-ring (bicyclic) bond motifs is 2. The van der Waals surface area contributed by atoms with Gasteiger partial charge >= 0.3 is 0 Å². The van der Waals surface area contributed by atoms with Crippen molar-refractivity contribution in [1.82, 2.24) is 5.32 Å². The summed E-state index contributed by atoms with van der Waals surface area (Å²) in [7, 11) is 0. The maximum Gasteiger partial charge on any atom is 0.253 e. The van der Waals surface area contributed by atoms with E-state index < -0.39 is 0 Å². The van der Waals surface area contributed by atoms with E-state index in [2.05, 4.69) is 5.32 Å². The van der Waals surface area contributed by atoms with Gasteiger partial charge in [0.1, 0.15) is 0 Å². The maximum atomic E-state index is 13.0. The van der Waals surface area contributed by atoms with E-state index in [1.807, 2.05) is 23.1 Å². The molecule has 3 aliphatic rings. The monoisotopic (exact) mass is 284 g/mol. The van der Waals surface area contributed by atoms with E-state index in [0.717, 1.165) is 18.0 Å². The van der Waals surface area contributed by atoms with Crippen LogP contribution in [0.4, 0.5) is 5.69 Å². The van der Waals surface area contributed by atoms with Gasteiger partial charge in [0, 0.05) is 19.0 Å². The molecule has 3 atom stereocenters. The van der Waals surface area contributed by atoms with Gasteiger partial charge in [-0.15, -0.1) is 0 Å². The second-order valence-electron chi connectivity index (χ2n) is 6.46. The van der Waals surface area contributed by atoms with Crippen molar-refractivity contribution in [3.63, 3.8) is 0 Å². The fourth-order valence-electron chi connectivity index (χ4n) is 4.04. The van der Waals surface area contributed by atoms with Crippen LogP contribution >= 0.6 is 0 Å². The first-order valence-corrected chi connectivity index (χ1v) is 7.94. The third-order valence-corrected chi connectivity index (χ3v) is 5.23. The third-order valence-electron chi connectivity index (χ3n) is 5.23. The zero-order chi connectivity index (χ0) is 14.4. The number of nitrogens with one attached hydrogen (secondary N) is 1. The van der Waals surface area contributed by atoms with Gasteiger partial charge in [-0.3, -0.25) is 9.59 Å². The molecule has 2 amide bonds. The molecule has 4 heteroatoms. The molecule has 1 aromatic rings. The summed E-state index contributed by atoms with van der Waals surface area (Å²) in [5, 5.41) is 2.88. The highest BCUT2D eigenvalue weighted by molar-refractivity contribution is 6.06. The van der Waals surface area contributed by atoms with Crippen LogP contribution in [-0.2, 0) is 4.79 Å². The van der Waals surface area contributed by atoms with Gasteiger partial charge in [-0.25, -0.2) is 0 Å². The lowest BCUT2D eigenvalue weighted by atomic mass is 9.87. The van der Waals surface area contributed by atoms with Gasteiger partial charge in [0.05, 0.1) is 11.3 Å². The summed E-state index contributed by atoms with van der Waals surface area (Å²) in [6.07, 6.45) is 4.71. The number of anilines is 1. The van der Waals surface area contributed by atoms with Crippen LogP contribution < -0.4 is 10.2 Å². The third kappa shape index (κ3) is 2.13. The summed E-state index contributed by atoms with van der Waals surface area (Å²) in [6.45, 7) is 1.11. The van der Waals surface area contributed by atoms with Crippen LogP contribution in [0.15, 0.2) is 24.3 Å². The minimum Gasteiger partial charge on any atom is -0.350 e. The molecule has 0 bridgehead atoms. The van der Waals surface area contributed by atoms with Crippen LogP contribution in [0.2, 0.25) is 0 Å². The Morgan fingerprint density at radius 2 is 2.10 bits per heavy atom. The van der Waals surface area contributed by atoms with E-state index in [4.69, 9.17) is 0 Å². The Labute approximate surface area is 124 Å². The number of carbonyl (C=O) groups excluding carboxylic acids is 2. The van der Waals surface area contributed by atoms with Crippen LogP contribution in [0.1, 0.15) is 36.0 Å². The molecule has 0 radical (unpaired) electrons. The summed E-state index contributed by atoms with van der Waals surface area (Å²) in [6, 6.07) is 7.45. The molecule has 21 heavy (non-hydrogen) atoms. The highest BCUT2D eigenvalue weighted by Crippen LogP contribution is 2.53. The van der Waals surface area contributed by atoms with Crippen LogP contribution in [0.3, 0.4) is 0 Å². The van der Waals surface area contributed by atoms with Crippen molar-refractivity contribution in [2.75, 3.05) is 18.0 Å².